The van der Waals surface area contributed by atoms with Gasteiger partial charge in [-0.25, -0.2) is 0 Å². The molecule has 16 heavy (non-hydrogen) atoms. The molecule has 0 unspecified atom stereocenters. The van der Waals surface area contributed by atoms with Gasteiger partial charge in [0, 0.05) is 31.7 Å². The van der Waals surface area contributed by atoms with Gasteiger partial charge in [0.2, 0.25) is 5.91 Å². The summed E-state index contributed by atoms with van der Waals surface area (Å²) in [6.45, 7) is 6.83. The quantitative estimate of drug-likeness (QED) is 0.733. The maximum Gasteiger partial charge on any atom is 0.226 e. The number of ether oxygens (including phenoxy) is 1. The SMILES string of the molecule is CC(C)CN(C(=O)C1CCOCC1)C1CC1. The Hall–Kier alpha value is -0.570. The van der Waals surface area contributed by atoms with Crippen LogP contribution in [0.25, 0.3) is 0 Å². The highest BCUT2D eigenvalue weighted by Crippen LogP contribution is 2.30. The molecule has 0 N–H and O–H groups in total. The molecule has 3 heteroatoms. The molecule has 0 aromatic carbocycles. The van der Waals surface area contributed by atoms with E-state index in [4.69, 9.17) is 4.74 Å². The minimum atomic E-state index is 0.230. The lowest BCUT2D eigenvalue weighted by atomic mass is 9.98. The molecule has 0 aromatic heterocycles. The molecule has 1 saturated carbocycles. The van der Waals surface area contributed by atoms with Crippen molar-refractivity contribution in [1.29, 1.82) is 0 Å². The van der Waals surface area contributed by atoms with Crippen molar-refractivity contribution in [3.63, 3.8) is 0 Å². The van der Waals surface area contributed by atoms with Gasteiger partial charge in [0.1, 0.15) is 0 Å². The van der Waals surface area contributed by atoms with E-state index in [0.29, 0.717) is 17.9 Å². The maximum atomic E-state index is 12.4. The van der Waals surface area contributed by atoms with Crippen molar-refractivity contribution >= 4 is 5.91 Å². The predicted octanol–water partition coefficient (Wildman–Crippen LogP) is 2.06. The second-order valence-electron chi connectivity index (χ2n) is 5.50. The van der Waals surface area contributed by atoms with Crippen LogP contribution in [0.3, 0.4) is 0 Å². The molecule has 2 aliphatic rings. The van der Waals surface area contributed by atoms with E-state index in [1.807, 2.05) is 0 Å². The first-order chi connectivity index (χ1) is 7.68. The topological polar surface area (TPSA) is 29.5 Å². The zero-order valence-corrected chi connectivity index (χ0v) is 10.4. The first kappa shape index (κ1) is 11.9. The van der Waals surface area contributed by atoms with Gasteiger partial charge < -0.3 is 9.64 Å². The molecule has 2 rings (SSSR count). The molecule has 1 aliphatic carbocycles. The Labute approximate surface area is 98.1 Å². The van der Waals surface area contributed by atoms with Gasteiger partial charge >= 0.3 is 0 Å². The second kappa shape index (κ2) is 5.17. The van der Waals surface area contributed by atoms with E-state index >= 15 is 0 Å². The average molecular weight is 225 g/mol. The Morgan fingerprint density at radius 2 is 1.88 bits per heavy atom. The Kier molecular flexibility index (Phi) is 3.85. The molecular weight excluding hydrogens is 202 g/mol. The summed E-state index contributed by atoms with van der Waals surface area (Å²) in [5, 5.41) is 0. The summed E-state index contributed by atoms with van der Waals surface area (Å²) in [6.07, 6.45) is 4.25. The highest BCUT2D eigenvalue weighted by molar-refractivity contribution is 5.79. The summed E-state index contributed by atoms with van der Waals surface area (Å²) >= 11 is 0. The van der Waals surface area contributed by atoms with Gasteiger partial charge in [0.15, 0.2) is 0 Å². The third-order valence-corrected chi connectivity index (χ3v) is 3.40. The van der Waals surface area contributed by atoms with Gasteiger partial charge in [-0.3, -0.25) is 4.79 Å². The molecule has 0 bridgehead atoms. The van der Waals surface area contributed by atoms with Gasteiger partial charge in [0.25, 0.3) is 0 Å². The minimum absolute atomic E-state index is 0.230. The smallest absolute Gasteiger partial charge is 0.226 e. The van der Waals surface area contributed by atoms with Crippen LogP contribution in [-0.4, -0.2) is 36.6 Å². The third-order valence-electron chi connectivity index (χ3n) is 3.40. The van der Waals surface area contributed by atoms with Gasteiger partial charge in [-0.1, -0.05) is 13.8 Å². The summed E-state index contributed by atoms with van der Waals surface area (Å²) < 4.78 is 5.32. The first-order valence-corrected chi connectivity index (χ1v) is 6.56. The van der Waals surface area contributed by atoms with Crippen molar-refractivity contribution in [2.75, 3.05) is 19.8 Å². The van der Waals surface area contributed by atoms with Crippen LogP contribution < -0.4 is 0 Å². The van der Waals surface area contributed by atoms with Crippen LogP contribution >= 0.6 is 0 Å². The lowest BCUT2D eigenvalue weighted by Gasteiger charge is -2.30. The molecule has 0 atom stereocenters. The molecule has 1 aliphatic heterocycles. The standard InChI is InChI=1S/C13H23NO2/c1-10(2)9-14(12-3-4-12)13(15)11-5-7-16-8-6-11/h10-12H,3-9H2,1-2H3. The number of amides is 1. The van der Waals surface area contributed by atoms with Crippen LogP contribution in [0, 0.1) is 11.8 Å². The van der Waals surface area contributed by atoms with Gasteiger partial charge in [-0.15, -0.1) is 0 Å². The summed E-state index contributed by atoms with van der Waals surface area (Å²) in [5.41, 5.74) is 0. The summed E-state index contributed by atoms with van der Waals surface area (Å²) in [4.78, 5) is 14.5. The van der Waals surface area contributed by atoms with Crippen LogP contribution in [0.15, 0.2) is 0 Å². The summed E-state index contributed by atoms with van der Waals surface area (Å²) in [7, 11) is 0. The number of hydrogen-bond acceptors (Lipinski definition) is 2. The van der Waals surface area contributed by atoms with Gasteiger partial charge in [0.05, 0.1) is 0 Å². The third kappa shape index (κ3) is 2.97. The number of hydrogen-bond donors (Lipinski definition) is 0. The number of carbonyl (C=O) groups is 1. The fraction of sp³-hybridized carbons (Fsp3) is 0.923. The number of nitrogens with zero attached hydrogens (tertiary/aromatic N) is 1. The van der Waals surface area contributed by atoms with E-state index in [9.17, 15) is 4.79 Å². The average Bonchev–Trinajstić information content (AvgIpc) is 3.10. The molecule has 0 radical (unpaired) electrons. The minimum Gasteiger partial charge on any atom is -0.381 e. The highest BCUT2D eigenvalue weighted by atomic mass is 16.5. The Bertz CT molecular complexity index is 242. The van der Waals surface area contributed by atoms with Crippen molar-refractivity contribution < 1.29 is 9.53 Å². The fourth-order valence-corrected chi connectivity index (χ4v) is 2.38. The van der Waals surface area contributed by atoms with E-state index in [0.717, 1.165) is 32.6 Å². The normalized spacial score (nSPS) is 22.4. The van der Waals surface area contributed by atoms with Crippen molar-refractivity contribution in [2.45, 2.75) is 45.6 Å². The van der Waals surface area contributed by atoms with Crippen molar-refractivity contribution in [3.05, 3.63) is 0 Å². The summed E-state index contributed by atoms with van der Waals surface area (Å²) in [6, 6.07) is 0.553. The van der Waals surface area contributed by atoms with Crippen LogP contribution in [0.4, 0.5) is 0 Å². The Balaban J connectivity index is 1.92. The zero-order valence-electron chi connectivity index (χ0n) is 10.4. The molecule has 3 nitrogen and oxygen atoms in total. The molecule has 1 saturated heterocycles. The largest absolute Gasteiger partial charge is 0.381 e. The van der Waals surface area contributed by atoms with Crippen molar-refractivity contribution in [2.24, 2.45) is 11.8 Å². The van der Waals surface area contributed by atoms with Crippen LogP contribution in [0.1, 0.15) is 39.5 Å². The fourth-order valence-electron chi connectivity index (χ4n) is 2.38. The molecule has 92 valence electrons. The number of rotatable bonds is 4. The molecular formula is C13H23NO2. The van der Waals surface area contributed by atoms with Crippen molar-refractivity contribution in [1.82, 2.24) is 4.90 Å². The maximum absolute atomic E-state index is 12.4. The molecule has 0 aromatic rings. The van der Waals surface area contributed by atoms with Gasteiger partial charge in [-0.05, 0) is 31.6 Å². The van der Waals surface area contributed by atoms with Gasteiger partial charge in [-0.2, -0.15) is 0 Å². The van der Waals surface area contributed by atoms with E-state index < -0.39 is 0 Å². The lowest BCUT2D eigenvalue weighted by molar-refractivity contribution is -0.139. The summed E-state index contributed by atoms with van der Waals surface area (Å²) in [5.74, 6) is 1.19. The van der Waals surface area contributed by atoms with E-state index in [1.54, 1.807) is 0 Å². The van der Waals surface area contributed by atoms with Crippen LogP contribution in [0.2, 0.25) is 0 Å². The highest BCUT2D eigenvalue weighted by Gasteiger charge is 2.36. The first-order valence-electron chi connectivity index (χ1n) is 6.56. The van der Waals surface area contributed by atoms with E-state index in [-0.39, 0.29) is 5.92 Å². The Morgan fingerprint density at radius 3 is 2.38 bits per heavy atom. The van der Waals surface area contributed by atoms with E-state index in [2.05, 4.69) is 18.7 Å². The monoisotopic (exact) mass is 225 g/mol. The molecule has 1 amide bonds. The number of carbonyl (C=O) groups excluding carboxylic acids is 1. The van der Waals surface area contributed by atoms with Crippen LogP contribution in [-0.2, 0) is 9.53 Å². The van der Waals surface area contributed by atoms with E-state index in [1.165, 1.54) is 12.8 Å². The van der Waals surface area contributed by atoms with Crippen molar-refractivity contribution in [3.8, 4) is 0 Å². The Morgan fingerprint density at radius 1 is 1.25 bits per heavy atom. The molecule has 1 heterocycles. The molecule has 0 spiro atoms. The lowest BCUT2D eigenvalue weighted by Crippen LogP contribution is -2.41. The molecule has 2 fully saturated rings. The zero-order chi connectivity index (χ0) is 11.5. The van der Waals surface area contributed by atoms with Crippen LogP contribution in [0.5, 0.6) is 0 Å². The predicted molar refractivity (Wildman–Crippen MR) is 63.1 cm³/mol. The second-order valence-corrected chi connectivity index (χ2v) is 5.50.